The van der Waals surface area contributed by atoms with E-state index in [1.54, 1.807) is 25.1 Å². The molecule has 0 atom stereocenters. The number of ketones is 1. The Morgan fingerprint density at radius 3 is 2.58 bits per heavy atom. The van der Waals surface area contributed by atoms with Crippen molar-refractivity contribution in [1.82, 2.24) is 4.90 Å². The normalized spacial score (nSPS) is 16.8. The summed E-state index contributed by atoms with van der Waals surface area (Å²) in [5.41, 5.74) is 3.08. The molecule has 3 aromatic carbocycles. The molecule has 184 valence electrons. The molecule has 0 amide bonds. The van der Waals surface area contributed by atoms with Crippen LogP contribution < -0.4 is 9.64 Å². The number of hydrogen-bond acceptors (Lipinski definition) is 7. The van der Waals surface area contributed by atoms with Crippen LogP contribution in [0.3, 0.4) is 0 Å². The first-order valence-electron chi connectivity index (χ1n) is 11.6. The Bertz CT molecular complexity index is 1400. The lowest BCUT2D eigenvalue weighted by Gasteiger charge is -2.36. The number of non-ortho nitro benzene ring substituents is 1. The SMILES string of the molecule is Cc1cc(O)c(CN2CCN(c3cccc(Cl)c3)CC2)c2c1C(=O)/C(=C/c1cccc([N+](=O)[O-])c1)O2. The summed E-state index contributed by atoms with van der Waals surface area (Å²) in [5, 5.41) is 22.6. The molecule has 0 unspecified atom stereocenters. The Morgan fingerprint density at radius 2 is 1.86 bits per heavy atom. The fourth-order valence-corrected chi connectivity index (χ4v) is 4.86. The van der Waals surface area contributed by atoms with Crippen molar-refractivity contribution in [3.63, 3.8) is 0 Å². The number of aromatic hydroxyl groups is 1. The minimum Gasteiger partial charge on any atom is -0.507 e. The highest BCUT2D eigenvalue weighted by atomic mass is 35.5. The van der Waals surface area contributed by atoms with Gasteiger partial charge in [0.25, 0.3) is 5.69 Å². The second kappa shape index (κ2) is 9.64. The number of nitrogens with zero attached hydrogens (tertiary/aromatic N) is 3. The Hall–Kier alpha value is -3.88. The van der Waals surface area contributed by atoms with Gasteiger partial charge in [-0.25, -0.2) is 0 Å². The van der Waals surface area contributed by atoms with Crippen LogP contribution in [0.1, 0.15) is 27.0 Å². The van der Waals surface area contributed by atoms with E-state index >= 15 is 0 Å². The molecular weight excluding hydrogens is 482 g/mol. The van der Waals surface area contributed by atoms with Crippen LogP contribution in [0.2, 0.25) is 5.02 Å². The van der Waals surface area contributed by atoms with Crippen molar-refractivity contribution in [1.29, 1.82) is 0 Å². The molecule has 36 heavy (non-hydrogen) atoms. The van der Waals surface area contributed by atoms with Crippen molar-refractivity contribution in [2.45, 2.75) is 13.5 Å². The zero-order valence-electron chi connectivity index (χ0n) is 19.6. The Labute approximate surface area is 213 Å². The first-order chi connectivity index (χ1) is 17.3. The number of halogens is 1. The Balaban J connectivity index is 1.37. The number of Topliss-reactive ketones (excluding diaryl/α,β-unsaturated/α-hetero) is 1. The lowest BCUT2D eigenvalue weighted by Crippen LogP contribution is -2.46. The van der Waals surface area contributed by atoms with E-state index in [0.717, 1.165) is 31.9 Å². The van der Waals surface area contributed by atoms with E-state index in [2.05, 4.69) is 9.80 Å². The maximum atomic E-state index is 13.2. The molecule has 0 spiro atoms. The molecule has 3 aromatic rings. The summed E-state index contributed by atoms with van der Waals surface area (Å²) in [6.07, 6.45) is 1.50. The molecule has 0 saturated carbocycles. The summed E-state index contributed by atoms with van der Waals surface area (Å²) in [4.78, 5) is 28.3. The van der Waals surface area contributed by atoms with Crippen molar-refractivity contribution >= 4 is 34.8 Å². The summed E-state index contributed by atoms with van der Waals surface area (Å²) >= 11 is 6.14. The fraction of sp³-hybridized carbons (Fsp3) is 0.222. The van der Waals surface area contributed by atoms with Gasteiger partial charge in [0, 0.05) is 55.6 Å². The Morgan fingerprint density at radius 1 is 1.11 bits per heavy atom. The van der Waals surface area contributed by atoms with Crippen molar-refractivity contribution in [2.24, 2.45) is 0 Å². The molecule has 2 aliphatic heterocycles. The molecule has 0 bridgehead atoms. The van der Waals surface area contributed by atoms with Crippen LogP contribution in [0.5, 0.6) is 11.5 Å². The van der Waals surface area contributed by atoms with E-state index in [0.29, 0.717) is 39.6 Å². The number of hydrogen-bond donors (Lipinski definition) is 1. The molecular formula is C27H24ClN3O5. The van der Waals surface area contributed by atoms with E-state index in [-0.39, 0.29) is 23.0 Å². The molecule has 2 heterocycles. The number of aryl methyl sites for hydroxylation is 1. The van der Waals surface area contributed by atoms with Gasteiger partial charge in [0.1, 0.15) is 11.5 Å². The van der Waals surface area contributed by atoms with Crippen molar-refractivity contribution < 1.29 is 19.6 Å². The van der Waals surface area contributed by atoms with E-state index in [1.165, 1.54) is 18.2 Å². The molecule has 2 aliphatic rings. The minimum atomic E-state index is -0.486. The van der Waals surface area contributed by atoms with Crippen molar-refractivity contribution in [2.75, 3.05) is 31.1 Å². The second-order valence-electron chi connectivity index (χ2n) is 8.93. The van der Waals surface area contributed by atoms with Gasteiger partial charge in [-0.3, -0.25) is 19.8 Å². The molecule has 0 aromatic heterocycles. The first-order valence-corrected chi connectivity index (χ1v) is 11.9. The van der Waals surface area contributed by atoms with Gasteiger partial charge >= 0.3 is 0 Å². The van der Waals surface area contributed by atoms with Crippen molar-refractivity contribution in [3.05, 3.63) is 97.7 Å². The zero-order chi connectivity index (χ0) is 25.4. The summed E-state index contributed by atoms with van der Waals surface area (Å²) in [6.45, 7) is 5.30. The predicted molar refractivity (Wildman–Crippen MR) is 138 cm³/mol. The largest absolute Gasteiger partial charge is 0.507 e. The number of allylic oxidation sites excluding steroid dienone is 1. The van der Waals surface area contributed by atoms with Gasteiger partial charge in [0.15, 0.2) is 5.76 Å². The van der Waals surface area contributed by atoms with Gasteiger partial charge in [-0.05, 0) is 48.4 Å². The molecule has 8 nitrogen and oxygen atoms in total. The molecule has 0 aliphatic carbocycles. The highest BCUT2D eigenvalue weighted by Crippen LogP contribution is 2.42. The average molecular weight is 506 g/mol. The third kappa shape index (κ3) is 4.65. The van der Waals surface area contributed by atoms with Gasteiger partial charge in [0.05, 0.1) is 16.1 Å². The van der Waals surface area contributed by atoms with Gasteiger partial charge in [0.2, 0.25) is 5.78 Å². The number of fused-ring (bicyclic) bond motifs is 1. The van der Waals surface area contributed by atoms with Gasteiger partial charge < -0.3 is 14.7 Å². The second-order valence-corrected chi connectivity index (χ2v) is 9.37. The lowest BCUT2D eigenvalue weighted by molar-refractivity contribution is -0.384. The molecule has 0 radical (unpaired) electrons. The van der Waals surface area contributed by atoms with E-state index in [1.807, 2.05) is 24.3 Å². The van der Waals surface area contributed by atoms with Gasteiger partial charge in [-0.2, -0.15) is 0 Å². The van der Waals surface area contributed by atoms with Gasteiger partial charge in [-0.1, -0.05) is 29.8 Å². The predicted octanol–water partition coefficient (Wildman–Crippen LogP) is 5.20. The maximum Gasteiger partial charge on any atom is 0.270 e. The van der Waals surface area contributed by atoms with E-state index < -0.39 is 4.92 Å². The first kappa shape index (κ1) is 23.8. The van der Waals surface area contributed by atoms with Crippen molar-refractivity contribution in [3.8, 4) is 11.5 Å². The standard InChI is InChI=1S/C27H24ClN3O5/c1-17-12-23(32)22(16-29-8-10-30(11-9-29)20-6-3-5-19(28)15-20)27-25(17)26(33)24(36-27)14-18-4-2-7-21(13-18)31(34)35/h2-7,12-15,32H,8-11,16H2,1H3/b24-14-. The number of carbonyl (C=O) groups excluding carboxylic acids is 1. The quantitative estimate of drug-likeness (QED) is 0.289. The summed E-state index contributed by atoms with van der Waals surface area (Å²) < 4.78 is 5.99. The zero-order valence-corrected chi connectivity index (χ0v) is 20.4. The number of nitro benzene ring substituents is 1. The number of carbonyl (C=O) groups is 1. The third-order valence-electron chi connectivity index (χ3n) is 6.53. The monoisotopic (exact) mass is 505 g/mol. The summed E-state index contributed by atoms with van der Waals surface area (Å²) in [7, 11) is 0. The number of piperazine rings is 1. The fourth-order valence-electron chi connectivity index (χ4n) is 4.67. The lowest BCUT2D eigenvalue weighted by atomic mass is 9.99. The molecule has 1 saturated heterocycles. The average Bonchev–Trinajstić information content (AvgIpc) is 3.18. The van der Waals surface area contributed by atoms with Crippen LogP contribution >= 0.6 is 11.6 Å². The number of anilines is 1. The summed E-state index contributed by atoms with van der Waals surface area (Å²) in [6, 6.07) is 15.4. The van der Waals surface area contributed by atoms with E-state index in [4.69, 9.17) is 16.3 Å². The van der Waals surface area contributed by atoms with Crippen LogP contribution in [0.15, 0.2) is 60.4 Å². The topological polar surface area (TPSA) is 96.2 Å². The van der Waals surface area contributed by atoms with Gasteiger partial charge in [-0.15, -0.1) is 0 Å². The van der Waals surface area contributed by atoms with E-state index in [9.17, 15) is 20.0 Å². The number of ether oxygens (including phenoxy) is 1. The number of nitro groups is 1. The highest BCUT2D eigenvalue weighted by molar-refractivity contribution is 6.30. The molecule has 1 N–H and O–H groups in total. The molecule has 9 heteroatoms. The number of phenolic OH excluding ortho intramolecular Hbond substituents is 1. The summed E-state index contributed by atoms with van der Waals surface area (Å²) in [5.74, 6) is 0.201. The minimum absolute atomic E-state index is 0.0706. The number of benzene rings is 3. The van der Waals surface area contributed by atoms with Crippen LogP contribution in [0, 0.1) is 17.0 Å². The maximum absolute atomic E-state index is 13.2. The number of rotatable bonds is 5. The molecule has 5 rings (SSSR count). The van der Waals surface area contributed by atoms with Crippen LogP contribution in [-0.4, -0.2) is 46.9 Å². The van der Waals surface area contributed by atoms with Crippen LogP contribution in [0.25, 0.3) is 6.08 Å². The molecule has 1 fully saturated rings. The smallest absolute Gasteiger partial charge is 0.270 e. The third-order valence-corrected chi connectivity index (χ3v) is 6.76. The highest BCUT2D eigenvalue weighted by Gasteiger charge is 2.34. The Kier molecular flexibility index (Phi) is 6.38. The van der Waals surface area contributed by atoms with Crippen LogP contribution in [-0.2, 0) is 6.54 Å². The number of phenols is 1. The van der Waals surface area contributed by atoms with Crippen LogP contribution in [0.4, 0.5) is 11.4 Å².